The summed E-state index contributed by atoms with van der Waals surface area (Å²) in [5.41, 5.74) is -0.516. The van der Waals surface area contributed by atoms with Crippen molar-refractivity contribution in [2.45, 2.75) is 6.10 Å². The zero-order chi connectivity index (χ0) is 13.0. The standard InChI is InChI=1S/C10H6ClNO5/c11-6-1-2-7(8(5-6)12(16)17)9(13)3-4-10(14)15/h1-2,5,9,13H,(H,14,15). The van der Waals surface area contributed by atoms with Gasteiger partial charge in [-0.2, -0.15) is 0 Å². The number of nitrogens with zero attached hydrogens (tertiary/aromatic N) is 1. The highest BCUT2D eigenvalue weighted by atomic mass is 35.5. The molecule has 0 saturated carbocycles. The molecule has 1 rings (SSSR count). The van der Waals surface area contributed by atoms with Gasteiger partial charge in [0.25, 0.3) is 5.69 Å². The second kappa shape index (κ2) is 5.30. The first-order valence-electron chi connectivity index (χ1n) is 4.28. The van der Waals surface area contributed by atoms with E-state index in [1.165, 1.54) is 12.1 Å². The summed E-state index contributed by atoms with van der Waals surface area (Å²) in [5, 5.41) is 28.6. The lowest BCUT2D eigenvalue weighted by Gasteiger charge is -2.04. The number of aliphatic hydroxyl groups is 1. The van der Waals surface area contributed by atoms with Crippen LogP contribution in [0.5, 0.6) is 0 Å². The van der Waals surface area contributed by atoms with Crippen LogP contribution >= 0.6 is 11.6 Å². The predicted molar refractivity (Wildman–Crippen MR) is 58.5 cm³/mol. The Morgan fingerprint density at radius 3 is 2.71 bits per heavy atom. The van der Waals surface area contributed by atoms with Gasteiger partial charge in [0.1, 0.15) is 6.10 Å². The smallest absolute Gasteiger partial charge is 0.382 e. The van der Waals surface area contributed by atoms with Crippen LogP contribution in [0.2, 0.25) is 5.02 Å². The van der Waals surface area contributed by atoms with Crippen molar-refractivity contribution >= 4 is 23.3 Å². The molecule has 0 bridgehead atoms. The van der Waals surface area contributed by atoms with Crippen LogP contribution in [0, 0.1) is 22.0 Å². The normalized spacial score (nSPS) is 11.2. The molecule has 0 aliphatic rings. The number of rotatable bonds is 2. The molecule has 7 heteroatoms. The summed E-state index contributed by atoms with van der Waals surface area (Å²) in [6.07, 6.45) is -1.55. The first-order valence-corrected chi connectivity index (χ1v) is 4.66. The first-order chi connectivity index (χ1) is 7.91. The zero-order valence-corrected chi connectivity index (χ0v) is 9.01. The topological polar surface area (TPSA) is 101 Å². The number of nitro benzene ring substituents is 1. The summed E-state index contributed by atoms with van der Waals surface area (Å²) in [6, 6.07) is 3.62. The fourth-order valence-electron chi connectivity index (χ4n) is 1.11. The van der Waals surface area contributed by atoms with Gasteiger partial charge in [0.15, 0.2) is 0 Å². The third-order valence-electron chi connectivity index (χ3n) is 1.80. The first kappa shape index (κ1) is 13.0. The zero-order valence-electron chi connectivity index (χ0n) is 8.25. The van der Waals surface area contributed by atoms with Crippen molar-refractivity contribution in [3.05, 3.63) is 38.9 Å². The van der Waals surface area contributed by atoms with Gasteiger partial charge in [0.05, 0.1) is 10.5 Å². The van der Waals surface area contributed by atoms with Crippen LogP contribution in [0.25, 0.3) is 0 Å². The molecule has 0 aromatic heterocycles. The maximum atomic E-state index is 10.7. The number of aliphatic hydroxyl groups excluding tert-OH is 1. The van der Waals surface area contributed by atoms with Crippen LogP contribution in [0.1, 0.15) is 11.7 Å². The van der Waals surface area contributed by atoms with Crippen LogP contribution in [-0.2, 0) is 4.79 Å². The highest BCUT2D eigenvalue weighted by Crippen LogP contribution is 2.27. The number of hydrogen-bond donors (Lipinski definition) is 2. The highest BCUT2D eigenvalue weighted by Gasteiger charge is 2.19. The van der Waals surface area contributed by atoms with Crippen molar-refractivity contribution in [3.8, 4) is 11.8 Å². The molecule has 2 N–H and O–H groups in total. The van der Waals surface area contributed by atoms with Crippen LogP contribution < -0.4 is 0 Å². The Hall–Kier alpha value is -2.10. The van der Waals surface area contributed by atoms with Crippen molar-refractivity contribution in [2.24, 2.45) is 0 Å². The molecular weight excluding hydrogens is 250 g/mol. The van der Waals surface area contributed by atoms with E-state index in [1.807, 2.05) is 5.92 Å². The molecule has 1 aromatic carbocycles. The average molecular weight is 256 g/mol. The van der Waals surface area contributed by atoms with Crippen molar-refractivity contribution in [1.29, 1.82) is 0 Å². The second-order valence-electron chi connectivity index (χ2n) is 2.94. The Labute approximate surface area is 101 Å². The maximum absolute atomic E-state index is 10.7. The van der Waals surface area contributed by atoms with Gasteiger partial charge in [0, 0.05) is 17.0 Å². The Balaban J connectivity index is 3.18. The van der Waals surface area contributed by atoms with E-state index in [1.54, 1.807) is 5.92 Å². The van der Waals surface area contributed by atoms with Crippen LogP contribution in [0.4, 0.5) is 5.69 Å². The third-order valence-corrected chi connectivity index (χ3v) is 2.03. The Bertz CT molecular complexity index is 531. The van der Waals surface area contributed by atoms with E-state index in [0.29, 0.717) is 0 Å². The maximum Gasteiger partial charge on any atom is 0.382 e. The fourth-order valence-corrected chi connectivity index (χ4v) is 1.28. The number of benzene rings is 1. The molecule has 88 valence electrons. The number of aliphatic carboxylic acids is 1. The van der Waals surface area contributed by atoms with Gasteiger partial charge in [-0.3, -0.25) is 10.1 Å². The molecule has 0 amide bonds. The van der Waals surface area contributed by atoms with Gasteiger partial charge < -0.3 is 10.2 Å². The van der Waals surface area contributed by atoms with Crippen LogP contribution in [0.3, 0.4) is 0 Å². The molecule has 6 nitrogen and oxygen atoms in total. The van der Waals surface area contributed by atoms with Crippen molar-refractivity contribution in [1.82, 2.24) is 0 Å². The number of hydrogen-bond acceptors (Lipinski definition) is 4. The van der Waals surface area contributed by atoms with E-state index in [2.05, 4.69) is 0 Å². The number of nitro groups is 1. The Morgan fingerprint density at radius 2 is 2.18 bits per heavy atom. The van der Waals surface area contributed by atoms with Gasteiger partial charge in [-0.15, -0.1) is 0 Å². The number of carboxylic acid groups (broad SMARTS) is 1. The predicted octanol–water partition coefficient (Wildman–Crippen LogP) is 1.37. The van der Waals surface area contributed by atoms with Gasteiger partial charge in [-0.1, -0.05) is 17.5 Å². The molecule has 1 aromatic rings. The molecular formula is C10H6ClNO5. The summed E-state index contributed by atoms with van der Waals surface area (Å²) in [6.45, 7) is 0. The fraction of sp³-hybridized carbons (Fsp3) is 0.100. The quantitative estimate of drug-likeness (QED) is 0.472. The summed E-state index contributed by atoms with van der Waals surface area (Å²) in [7, 11) is 0. The second-order valence-corrected chi connectivity index (χ2v) is 3.37. The number of carboxylic acids is 1. The molecule has 0 spiro atoms. The summed E-state index contributed by atoms with van der Waals surface area (Å²) >= 11 is 5.58. The van der Waals surface area contributed by atoms with Crippen LogP contribution in [0.15, 0.2) is 18.2 Å². The number of carbonyl (C=O) groups is 1. The van der Waals surface area contributed by atoms with E-state index < -0.39 is 22.7 Å². The van der Waals surface area contributed by atoms with E-state index in [0.717, 1.165) is 6.07 Å². The molecule has 1 atom stereocenters. The van der Waals surface area contributed by atoms with E-state index in [9.17, 15) is 20.0 Å². The minimum absolute atomic E-state index is 0.104. The average Bonchev–Trinajstić information content (AvgIpc) is 2.25. The lowest BCUT2D eigenvalue weighted by molar-refractivity contribution is -0.386. The lowest BCUT2D eigenvalue weighted by Crippen LogP contribution is -2.01. The van der Waals surface area contributed by atoms with Gasteiger partial charge >= 0.3 is 5.97 Å². The molecule has 0 fully saturated rings. The van der Waals surface area contributed by atoms with E-state index in [-0.39, 0.29) is 10.6 Å². The van der Waals surface area contributed by atoms with Crippen LogP contribution in [-0.4, -0.2) is 21.1 Å². The van der Waals surface area contributed by atoms with E-state index >= 15 is 0 Å². The molecule has 0 heterocycles. The molecule has 0 saturated heterocycles. The van der Waals surface area contributed by atoms with Gasteiger partial charge in [-0.25, -0.2) is 4.79 Å². The monoisotopic (exact) mass is 255 g/mol. The Kier molecular flexibility index (Phi) is 4.04. The van der Waals surface area contributed by atoms with Gasteiger partial charge in [0.2, 0.25) is 0 Å². The summed E-state index contributed by atoms with van der Waals surface area (Å²) in [4.78, 5) is 20.1. The largest absolute Gasteiger partial charge is 0.472 e. The summed E-state index contributed by atoms with van der Waals surface area (Å²) in [5.74, 6) is 2.23. The summed E-state index contributed by atoms with van der Waals surface area (Å²) < 4.78 is 0. The molecule has 17 heavy (non-hydrogen) atoms. The molecule has 0 aliphatic heterocycles. The highest BCUT2D eigenvalue weighted by molar-refractivity contribution is 6.30. The third kappa shape index (κ3) is 3.45. The van der Waals surface area contributed by atoms with Crippen molar-refractivity contribution < 1.29 is 19.9 Å². The minimum atomic E-state index is -1.55. The molecule has 0 aliphatic carbocycles. The van der Waals surface area contributed by atoms with Gasteiger partial charge in [-0.05, 0) is 12.1 Å². The van der Waals surface area contributed by atoms with Crippen molar-refractivity contribution in [2.75, 3.05) is 0 Å². The van der Waals surface area contributed by atoms with Crippen molar-refractivity contribution in [3.63, 3.8) is 0 Å². The Morgan fingerprint density at radius 1 is 1.53 bits per heavy atom. The SMILES string of the molecule is O=C(O)C#CC(O)c1ccc(Cl)cc1[N+](=O)[O-]. The minimum Gasteiger partial charge on any atom is -0.472 e. The lowest BCUT2D eigenvalue weighted by atomic mass is 10.1. The number of halogens is 1. The molecule has 0 radical (unpaired) electrons. The van der Waals surface area contributed by atoms with E-state index in [4.69, 9.17) is 16.7 Å². The molecule has 1 unspecified atom stereocenters.